The van der Waals surface area contributed by atoms with Gasteiger partial charge in [-0.1, -0.05) is 53.7 Å². The van der Waals surface area contributed by atoms with E-state index in [1.807, 2.05) is 25.1 Å². The number of nitrogens with zero attached hydrogens (tertiary/aromatic N) is 3. The highest BCUT2D eigenvalue weighted by Crippen LogP contribution is 2.55. The van der Waals surface area contributed by atoms with Crippen LogP contribution >= 0.6 is 23.4 Å². The average molecular weight is 550 g/mol. The van der Waals surface area contributed by atoms with Crippen molar-refractivity contribution in [2.24, 2.45) is 17.8 Å². The number of nitrogens with one attached hydrogen (secondary N) is 2. The molecule has 4 saturated carbocycles. The summed E-state index contributed by atoms with van der Waals surface area (Å²) in [5.41, 5.74) is 4.47. The summed E-state index contributed by atoms with van der Waals surface area (Å²) in [6, 6.07) is 13.8. The van der Waals surface area contributed by atoms with Crippen molar-refractivity contribution in [1.29, 1.82) is 0 Å². The standard InChI is InChI=1S/C30H36ClN5OS/c1-18-6-4-5-7-24(18)17-38-29-35-34-27(36(29)26-13-25(31)9-8-19(26)2)20(3)32-28(37)33-30-14-21-10-22(15-30)12-23(11-21)16-30/h4-9,13,20-23H,10-12,14-17H2,1-3H3,(H2,32,33,37)/t20-,21?,22?,23?,30?/m0/s1. The summed E-state index contributed by atoms with van der Waals surface area (Å²) in [5.74, 6) is 3.81. The second-order valence-electron chi connectivity index (χ2n) is 11.8. The molecule has 0 spiro atoms. The Kier molecular flexibility index (Phi) is 6.93. The van der Waals surface area contributed by atoms with Crippen molar-refractivity contribution in [3.8, 4) is 5.69 Å². The van der Waals surface area contributed by atoms with Gasteiger partial charge in [-0.25, -0.2) is 4.79 Å². The van der Waals surface area contributed by atoms with Crippen LogP contribution in [0.4, 0.5) is 4.79 Å². The SMILES string of the molecule is Cc1ccccc1CSc1nnc([C@H](C)NC(=O)NC23CC4CC(CC(C4)C2)C3)n1-c1cc(Cl)ccc1C. The van der Waals surface area contributed by atoms with Gasteiger partial charge in [-0.2, -0.15) is 0 Å². The minimum atomic E-state index is -0.331. The van der Waals surface area contributed by atoms with Crippen molar-refractivity contribution in [3.05, 3.63) is 70.0 Å². The first-order valence-electron chi connectivity index (χ1n) is 13.8. The molecule has 1 heterocycles. The van der Waals surface area contributed by atoms with E-state index in [1.165, 1.54) is 30.4 Å². The summed E-state index contributed by atoms with van der Waals surface area (Å²) >= 11 is 8.07. The van der Waals surface area contributed by atoms with Crippen molar-refractivity contribution in [2.75, 3.05) is 0 Å². The Hall–Kier alpha value is -2.51. The molecule has 1 aromatic heterocycles. The first-order chi connectivity index (χ1) is 18.3. The van der Waals surface area contributed by atoms with Gasteiger partial charge in [-0.15, -0.1) is 10.2 Å². The minimum Gasteiger partial charge on any atom is -0.333 e. The predicted octanol–water partition coefficient (Wildman–Crippen LogP) is 7.16. The highest BCUT2D eigenvalue weighted by Gasteiger charge is 2.51. The van der Waals surface area contributed by atoms with Crippen LogP contribution in [0.15, 0.2) is 47.6 Å². The van der Waals surface area contributed by atoms with E-state index < -0.39 is 0 Å². The third-order valence-corrected chi connectivity index (χ3v) is 10.1. The van der Waals surface area contributed by atoms with Crippen LogP contribution in [0.25, 0.3) is 5.69 Å². The number of aryl methyl sites for hydroxylation is 2. The van der Waals surface area contributed by atoms with Gasteiger partial charge in [0, 0.05) is 16.3 Å². The zero-order valence-electron chi connectivity index (χ0n) is 22.3. The Morgan fingerprint density at radius 1 is 1.05 bits per heavy atom. The minimum absolute atomic E-state index is 0.0374. The van der Waals surface area contributed by atoms with Gasteiger partial charge >= 0.3 is 6.03 Å². The Balaban J connectivity index is 1.24. The monoisotopic (exact) mass is 549 g/mol. The van der Waals surface area contributed by atoms with Crippen molar-refractivity contribution >= 4 is 29.4 Å². The molecule has 0 radical (unpaired) electrons. The molecule has 38 heavy (non-hydrogen) atoms. The normalized spacial score (nSPS) is 26.4. The van der Waals surface area contributed by atoms with E-state index >= 15 is 0 Å². The zero-order valence-corrected chi connectivity index (χ0v) is 23.9. The van der Waals surface area contributed by atoms with Crippen LogP contribution in [0, 0.1) is 31.6 Å². The molecule has 2 amide bonds. The van der Waals surface area contributed by atoms with Gasteiger partial charge in [0.2, 0.25) is 0 Å². The summed E-state index contributed by atoms with van der Waals surface area (Å²) < 4.78 is 2.06. The average Bonchev–Trinajstić information content (AvgIpc) is 3.27. The highest BCUT2D eigenvalue weighted by atomic mass is 35.5. The second kappa shape index (κ2) is 10.2. The van der Waals surface area contributed by atoms with Gasteiger partial charge in [-0.05, 0) is 106 Å². The number of amides is 2. The molecule has 0 saturated heterocycles. The van der Waals surface area contributed by atoms with Crippen molar-refractivity contribution in [2.45, 2.75) is 81.8 Å². The highest BCUT2D eigenvalue weighted by molar-refractivity contribution is 7.98. The largest absolute Gasteiger partial charge is 0.333 e. The molecule has 7 rings (SSSR count). The molecule has 6 nitrogen and oxygen atoms in total. The predicted molar refractivity (Wildman–Crippen MR) is 153 cm³/mol. The van der Waals surface area contributed by atoms with E-state index in [0.717, 1.165) is 59.2 Å². The Labute approximate surface area is 234 Å². The first-order valence-corrected chi connectivity index (χ1v) is 15.1. The number of hydrogen-bond donors (Lipinski definition) is 2. The van der Waals surface area contributed by atoms with Crippen LogP contribution in [-0.4, -0.2) is 26.3 Å². The maximum Gasteiger partial charge on any atom is 0.315 e. The molecule has 0 aliphatic heterocycles. The van der Waals surface area contributed by atoms with Crippen LogP contribution in [0.1, 0.15) is 74.0 Å². The quantitative estimate of drug-likeness (QED) is 0.307. The van der Waals surface area contributed by atoms with E-state index in [-0.39, 0.29) is 17.6 Å². The number of benzene rings is 2. The molecule has 3 aromatic rings. The maximum absolute atomic E-state index is 13.3. The van der Waals surface area contributed by atoms with E-state index in [1.54, 1.807) is 11.8 Å². The molecule has 2 aromatic carbocycles. The number of aromatic nitrogens is 3. The Bertz CT molecular complexity index is 1320. The van der Waals surface area contributed by atoms with Gasteiger partial charge in [0.15, 0.2) is 11.0 Å². The number of urea groups is 1. The fraction of sp³-hybridized carbons (Fsp3) is 0.500. The molecule has 2 N–H and O–H groups in total. The Morgan fingerprint density at radius 3 is 2.42 bits per heavy atom. The summed E-state index contributed by atoms with van der Waals surface area (Å²) in [4.78, 5) is 13.3. The lowest BCUT2D eigenvalue weighted by molar-refractivity contribution is -0.0136. The number of carbonyl (C=O) groups is 1. The van der Waals surface area contributed by atoms with Gasteiger partial charge in [-0.3, -0.25) is 4.57 Å². The molecule has 0 unspecified atom stereocenters. The zero-order chi connectivity index (χ0) is 26.4. The third kappa shape index (κ3) is 5.07. The third-order valence-electron chi connectivity index (χ3n) is 8.84. The van der Waals surface area contributed by atoms with Crippen LogP contribution < -0.4 is 10.6 Å². The van der Waals surface area contributed by atoms with Gasteiger partial charge in [0.05, 0.1) is 11.7 Å². The van der Waals surface area contributed by atoms with Crippen molar-refractivity contribution in [1.82, 2.24) is 25.4 Å². The number of carbonyl (C=O) groups excluding carboxylic acids is 1. The molecule has 200 valence electrons. The number of halogens is 1. The number of hydrogen-bond acceptors (Lipinski definition) is 4. The summed E-state index contributed by atoms with van der Waals surface area (Å²) in [5, 5.41) is 17.2. The van der Waals surface area contributed by atoms with Crippen LogP contribution in [0.5, 0.6) is 0 Å². The lowest BCUT2D eigenvalue weighted by Gasteiger charge is -2.56. The molecule has 4 fully saturated rings. The number of rotatable bonds is 7. The molecule has 8 heteroatoms. The van der Waals surface area contributed by atoms with Crippen LogP contribution in [-0.2, 0) is 5.75 Å². The van der Waals surface area contributed by atoms with Crippen LogP contribution in [0.2, 0.25) is 5.02 Å². The number of thioether (sulfide) groups is 1. The molecule has 1 atom stereocenters. The summed E-state index contributed by atoms with van der Waals surface area (Å²) in [7, 11) is 0. The fourth-order valence-corrected chi connectivity index (χ4v) is 8.62. The smallest absolute Gasteiger partial charge is 0.315 e. The Morgan fingerprint density at radius 2 is 1.74 bits per heavy atom. The second-order valence-corrected chi connectivity index (χ2v) is 13.2. The molecular formula is C30H36ClN5OS. The molecule has 4 aliphatic rings. The lowest BCUT2D eigenvalue weighted by atomic mass is 9.53. The topological polar surface area (TPSA) is 71.8 Å². The summed E-state index contributed by atoms with van der Waals surface area (Å²) in [6.45, 7) is 6.17. The van der Waals surface area contributed by atoms with E-state index in [0.29, 0.717) is 10.8 Å². The first kappa shape index (κ1) is 25.8. The van der Waals surface area contributed by atoms with E-state index in [2.05, 4.69) is 63.5 Å². The van der Waals surface area contributed by atoms with E-state index in [9.17, 15) is 4.79 Å². The maximum atomic E-state index is 13.3. The lowest BCUT2D eigenvalue weighted by Crippen LogP contribution is -2.61. The van der Waals surface area contributed by atoms with Crippen molar-refractivity contribution in [3.63, 3.8) is 0 Å². The molecule has 4 bridgehead atoms. The molecular weight excluding hydrogens is 514 g/mol. The summed E-state index contributed by atoms with van der Waals surface area (Å²) in [6.07, 6.45) is 7.42. The van der Waals surface area contributed by atoms with Crippen LogP contribution in [0.3, 0.4) is 0 Å². The van der Waals surface area contributed by atoms with Gasteiger partial charge < -0.3 is 10.6 Å². The molecule has 4 aliphatic carbocycles. The van der Waals surface area contributed by atoms with Gasteiger partial charge in [0.25, 0.3) is 0 Å². The van der Waals surface area contributed by atoms with E-state index in [4.69, 9.17) is 11.6 Å². The van der Waals surface area contributed by atoms with Crippen molar-refractivity contribution < 1.29 is 4.79 Å². The fourth-order valence-electron chi connectivity index (χ4n) is 7.42. The van der Waals surface area contributed by atoms with Gasteiger partial charge in [0.1, 0.15) is 0 Å².